The van der Waals surface area contributed by atoms with Crippen LogP contribution in [-0.4, -0.2) is 41.8 Å². The fraction of sp³-hybridized carbons (Fsp3) is 1.00. The number of nitrogens with zero attached hydrogens (tertiary/aromatic N) is 1. The Hall–Kier alpha value is -0.120. The van der Waals surface area contributed by atoms with Crippen molar-refractivity contribution in [3.63, 3.8) is 0 Å². The largest absolute Gasteiger partial charge is 0.395 e. The van der Waals surface area contributed by atoms with E-state index in [1.807, 2.05) is 0 Å². The van der Waals surface area contributed by atoms with Gasteiger partial charge in [-0.15, -0.1) is 0 Å². The molecule has 11 heavy (non-hydrogen) atoms. The summed E-state index contributed by atoms with van der Waals surface area (Å²) in [7, 11) is 0. The smallest absolute Gasteiger partial charge is 0.0587 e. The second kappa shape index (κ2) is 4.04. The third kappa shape index (κ3) is 1.92. The Balaban J connectivity index is 2.42. The minimum Gasteiger partial charge on any atom is -0.395 e. The van der Waals surface area contributed by atoms with E-state index in [0.717, 1.165) is 13.0 Å². The van der Waals surface area contributed by atoms with Gasteiger partial charge in [-0.2, -0.15) is 0 Å². The van der Waals surface area contributed by atoms with Crippen molar-refractivity contribution in [1.82, 2.24) is 4.90 Å². The molecule has 1 aliphatic heterocycles. The maximum atomic E-state index is 9.00. The van der Waals surface area contributed by atoms with Crippen molar-refractivity contribution in [1.29, 1.82) is 0 Å². The van der Waals surface area contributed by atoms with Gasteiger partial charge in [0, 0.05) is 18.6 Å². The summed E-state index contributed by atoms with van der Waals surface area (Å²) >= 11 is 0. The third-order valence-electron chi connectivity index (χ3n) is 2.54. The van der Waals surface area contributed by atoms with E-state index in [2.05, 4.69) is 11.8 Å². The molecule has 1 aliphatic rings. The van der Waals surface area contributed by atoms with Crippen LogP contribution in [0.2, 0.25) is 0 Å². The number of likely N-dealkylation sites (tertiary alicyclic amines) is 1. The average molecular weight is 158 g/mol. The van der Waals surface area contributed by atoms with E-state index >= 15 is 0 Å². The van der Waals surface area contributed by atoms with Crippen molar-refractivity contribution in [2.75, 3.05) is 19.7 Å². The minimum absolute atomic E-state index is 0.282. The zero-order valence-electron chi connectivity index (χ0n) is 7.16. The average Bonchev–Trinajstić information content (AvgIpc) is 2.50. The Morgan fingerprint density at radius 3 is 3.00 bits per heavy atom. The highest BCUT2D eigenvalue weighted by atomic mass is 16.3. The van der Waals surface area contributed by atoms with Gasteiger partial charge in [0.05, 0.1) is 6.61 Å². The highest BCUT2D eigenvalue weighted by Gasteiger charge is 2.26. The Bertz CT molecular complexity index is 119. The first kappa shape index (κ1) is 8.97. The normalized spacial score (nSPS) is 29.2. The maximum absolute atomic E-state index is 9.00. The highest BCUT2D eigenvalue weighted by Crippen LogP contribution is 2.18. The van der Waals surface area contributed by atoms with Crippen molar-refractivity contribution < 1.29 is 5.11 Å². The van der Waals surface area contributed by atoms with E-state index in [1.165, 1.54) is 6.42 Å². The first-order chi connectivity index (χ1) is 5.29. The summed E-state index contributed by atoms with van der Waals surface area (Å²) in [6.45, 7) is 4.19. The van der Waals surface area contributed by atoms with Gasteiger partial charge in [-0.3, -0.25) is 4.90 Å². The lowest BCUT2D eigenvalue weighted by molar-refractivity contribution is 0.129. The van der Waals surface area contributed by atoms with Gasteiger partial charge in [-0.05, 0) is 26.3 Å². The Kier molecular flexibility index (Phi) is 3.30. The predicted octanol–water partition coefficient (Wildman–Crippen LogP) is -0.210. The van der Waals surface area contributed by atoms with Gasteiger partial charge < -0.3 is 10.8 Å². The van der Waals surface area contributed by atoms with Crippen LogP contribution in [0.25, 0.3) is 0 Å². The van der Waals surface area contributed by atoms with Gasteiger partial charge >= 0.3 is 0 Å². The zero-order valence-corrected chi connectivity index (χ0v) is 7.16. The lowest BCUT2D eigenvalue weighted by Crippen LogP contribution is -2.43. The molecule has 1 fully saturated rings. The Morgan fingerprint density at radius 1 is 1.73 bits per heavy atom. The van der Waals surface area contributed by atoms with Gasteiger partial charge in [0.1, 0.15) is 0 Å². The van der Waals surface area contributed by atoms with Gasteiger partial charge in [-0.1, -0.05) is 0 Å². The molecule has 1 unspecified atom stereocenters. The summed E-state index contributed by atoms with van der Waals surface area (Å²) in [5, 5.41) is 9.00. The molecule has 1 heterocycles. The van der Waals surface area contributed by atoms with E-state index in [1.54, 1.807) is 0 Å². The molecule has 0 spiro atoms. The first-order valence-electron chi connectivity index (χ1n) is 4.36. The molecular formula is C8H18N2O. The Labute approximate surface area is 68.2 Å². The second-order valence-corrected chi connectivity index (χ2v) is 3.30. The van der Waals surface area contributed by atoms with Crippen LogP contribution in [0.5, 0.6) is 0 Å². The van der Waals surface area contributed by atoms with Crippen LogP contribution >= 0.6 is 0 Å². The van der Waals surface area contributed by atoms with Gasteiger partial charge in [0.25, 0.3) is 0 Å². The van der Waals surface area contributed by atoms with Crippen molar-refractivity contribution in [2.45, 2.75) is 31.8 Å². The molecule has 3 N–H and O–H groups in total. The topological polar surface area (TPSA) is 49.5 Å². The summed E-state index contributed by atoms with van der Waals surface area (Å²) < 4.78 is 0. The molecule has 66 valence electrons. The quantitative estimate of drug-likeness (QED) is 0.597. The molecule has 0 radical (unpaired) electrons. The van der Waals surface area contributed by atoms with E-state index in [-0.39, 0.29) is 6.61 Å². The Morgan fingerprint density at radius 2 is 2.45 bits per heavy atom. The minimum atomic E-state index is 0.282. The van der Waals surface area contributed by atoms with Crippen LogP contribution in [-0.2, 0) is 0 Å². The van der Waals surface area contributed by atoms with Crippen molar-refractivity contribution in [3.8, 4) is 0 Å². The molecule has 3 nitrogen and oxygen atoms in total. The van der Waals surface area contributed by atoms with E-state index in [4.69, 9.17) is 10.8 Å². The van der Waals surface area contributed by atoms with Gasteiger partial charge in [0.2, 0.25) is 0 Å². The number of aliphatic hydroxyl groups excluding tert-OH is 1. The highest BCUT2D eigenvalue weighted by molar-refractivity contribution is 4.82. The van der Waals surface area contributed by atoms with E-state index < -0.39 is 0 Å². The molecule has 0 aromatic heterocycles. The number of rotatable bonds is 3. The standard InChI is InChI=1S/C8H18N2O/c1-7(5-9)10-4-2-3-8(10)6-11/h7-8,11H,2-6,9H2,1H3/t7?,8-/m1/s1. The summed E-state index contributed by atoms with van der Waals surface area (Å²) in [4.78, 5) is 2.31. The van der Waals surface area contributed by atoms with Crippen LogP contribution in [0, 0.1) is 0 Å². The van der Waals surface area contributed by atoms with Gasteiger partial charge in [-0.25, -0.2) is 0 Å². The molecule has 3 heteroatoms. The molecule has 0 aromatic rings. The lowest BCUT2D eigenvalue weighted by atomic mass is 10.2. The molecule has 2 atom stereocenters. The zero-order chi connectivity index (χ0) is 8.27. The van der Waals surface area contributed by atoms with Crippen molar-refractivity contribution >= 4 is 0 Å². The molecule has 1 saturated heterocycles. The lowest BCUT2D eigenvalue weighted by Gasteiger charge is -2.28. The molecule has 0 amide bonds. The number of aliphatic hydroxyl groups is 1. The molecule has 0 saturated carbocycles. The van der Waals surface area contributed by atoms with Crippen LogP contribution in [0.15, 0.2) is 0 Å². The summed E-state index contributed by atoms with van der Waals surface area (Å²) in [5.41, 5.74) is 5.55. The summed E-state index contributed by atoms with van der Waals surface area (Å²) in [6.07, 6.45) is 2.33. The van der Waals surface area contributed by atoms with E-state index in [9.17, 15) is 0 Å². The van der Waals surface area contributed by atoms with Crippen LogP contribution in [0.3, 0.4) is 0 Å². The molecular weight excluding hydrogens is 140 g/mol. The molecule has 0 bridgehead atoms. The third-order valence-corrected chi connectivity index (χ3v) is 2.54. The molecule has 1 rings (SSSR count). The SMILES string of the molecule is CC(CN)N1CCC[C@@H]1CO. The number of hydrogen-bond acceptors (Lipinski definition) is 3. The fourth-order valence-corrected chi connectivity index (χ4v) is 1.77. The predicted molar refractivity (Wildman–Crippen MR) is 45.3 cm³/mol. The van der Waals surface area contributed by atoms with Gasteiger partial charge in [0.15, 0.2) is 0 Å². The summed E-state index contributed by atoms with van der Waals surface area (Å²) in [5.74, 6) is 0. The second-order valence-electron chi connectivity index (χ2n) is 3.30. The maximum Gasteiger partial charge on any atom is 0.0587 e. The first-order valence-corrected chi connectivity index (χ1v) is 4.36. The van der Waals surface area contributed by atoms with Crippen molar-refractivity contribution in [2.24, 2.45) is 5.73 Å². The molecule has 0 aliphatic carbocycles. The number of nitrogens with two attached hydrogens (primary N) is 1. The van der Waals surface area contributed by atoms with Crippen LogP contribution in [0.4, 0.5) is 0 Å². The summed E-state index contributed by atoms with van der Waals surface area (Å²) in [6, 6.07) is 0.795. The van der Waals surface area contributed by atoms with Crippen LogP contribution < -0.4 is 5.73 Å². The monoisotopic (exact) mass is 158 g/mol. The van der Waals surface area contributed by atoms with Crippen LogP contribution in [0.1, 0.15) is 19.8 Å². The molecule has 0 aromatic carbocycles. The van der Waals surface area contributed by atoms with Crippen molar-refractivity contribution in [3.05, 3.63) is 0 Å². The van der Waals surface area contributed by atoms with E-state index in [0.29, 0.717) is 18.6 Å². The fourth-order valence-electron chi connectivity index (χ4n) is 1.77. The number of hydrogen-bond donors (Lipinski definition) is 2.